The molecule has 1 aliphatic rings. The molecule has 0 amide bonds. The Labute approximate surface area is 120 Å². The summed E-state index contributed by atoms with van der Waals surface area (Å²) in [4.78, 5) is 17.1. The van der Waals surface area contributed by atoms with Crippen LogP contribution in [0.3, 0.4) is 0 Å². The van der Waals surface area contributed by atoms with Gasteiger partial charge >= 0.3 is 0 Å². The van der Waals surface area contributed by atoms with Gasteiger partial charge in [0.25, 0.3) is 5.56 Å². The first-order valence-electron chi connectivity index (χ1n) is 7.12. The molecule has 2 aromatic heterocycles. The summed E-state index contributed by atoms with van der Waals surface area (Å²) in [5, 5.41) is 3.03. The van der Waals surface area contributed by atoms with Crippen molar-refractivity contribution in [1.29, 1.82) is 0 Å². The van der Waals surface area contributed by atoms with Gasteiger partial charge in [-0.15, -0.1) is 0 Å². The molecule has 1 N–H and O–H groups in total. The molecule has 4 rings (SSSR count). The number of hydrogen-bond donors (Lipinski definition) is 1. The number of nitrogens with one attached hydrogen (secondary N) is 1. The SMILES string of the molecule is O=c1c2c(nc3cc(-c4cccc(F)c4)[nH]n13)CCCC2. The predicted octanol–water partition coefficient (Wildman–Crippen LogP) is 2.71. The normalized spacial score (nSPS) is 14.3. The van der Waals surface area contributed by atoms with Gasteiger partial charge in [0, 0.05) is 17.2 Å². The number of hydrogen-bond acceptors (Lipinski definition) is 2. The van der Waals surface area contributed by atoms with E-state index in [1.54, 1.807) is 18.2 Å². The maximum absolute atomic E-state index is 13.3. The first-order chi connectivity index (χ1) is 10.2. The van der Waals surface area contributed by atoms with Gasteiger partial charge in [0.05, 0.1) is 11.4 Å². The molecule has 0 saturated carbocycles. The predicted molar refractivity (Wildman–Crippen MR) is 77.8 cm³/mol. The Balaban J connectivity index is 1.94. The lowest BCUT2D eigenvalue weighted by Crippen LogP contribution is -2.24. The van der Waals surface area contributed by atoms with Gasteiger partial charge in [0.15, 0.2) is 5.65 Å². The summed E-state index contributed by atoms with van der Waals surface area (Å²) in [6, 6.07) is 8.09. The summed E-state index contributed by atoms with van der Waals surface area (Å²) in [5.74, 6) is -0.300. The molecule has 0 aliphatic heterocycles. The Bertz CT molecular complexity index is 894. The number of fused-ring (bicyclic) bond motifs is 2. The number of aryl methyl sites for hydroxylation is 1. The molecule has 5 heteroatoms. The summed E-state index contributed by atoms with van der Waals surface area (Å²) in [7, 11) is 0. The van der Waals surface area contributed by atoms with Crippen molar-refractivity contribution in [2.75, 3.05) is 0 Å². The van der Waals surface area contributed by atoms with Crippen LogP contribution < -0.4 is 5.56 Å². The zero-order valence-electron chi connectivity index (χ0n) is 11.4. The van der Waals surface area contributed by atoms with Crippen LogP contribution in [0.15, 0.2) is 35.1 Å². The van der Waals surface area contributed by atoms with E-state index >= 15 is 0 Å². The van der Waals surface area contributed by atoms with Gasteiger partial charge in [0.2, 0.25) is 0 Å². The summed E-state index contributed by atoms with van der Waals surface area (Å²) in [6.07, 6.45) is 3.77. The number of nitrogens with zero attached hydrogens (tertiary/aromatic N) is 2. The highest BCUT2D eigenvalue weighted by molar-refractivity contribution is 5.64. The second-order valence-electron chi connectivity index (χ2n) is 5.42. The van der Waals surface area contributed by atoms with Gasteiger partial charge in [-0.25, -0.2) is 13.9 Å². The number of H-pyrrole nitrogens is 1. The summed E-state index contributed by atoms with van der Waals surface area (Å²) in [5.41, 5.74) is 3.69. The molecule has 3 aromatic rings. The molecule has 2 heterocycles. The van der Waals surface area contributed by atoms with Crippen LogP contribution in [0.5, 0.6) is 0 Å². The lowest BCUT2D eigenvalue weighted by molar-refractivity contribution is 0.628. The Morgan fingerprint density at radius 1 is 1.19 bits per heavy atom. The summed E-state index contributed by atoms with van der Waals surface area (Å²) < 4.78 is 14.8. The first-order valence-corrected chi connectivity index (χ1v) is 7.12. The van der Waals surface area contributed by atoms with E-state index in [1.807, 2.05) is 0 Å². The van der Waals surface area contributed by atoms with Crippen molar-refractivity contribution in [2.45, 2.75) is 25.7 Å². The van der Waals surface area contributed by atoms with E-state index in [1.165, 1.54) is 16.6 Å². The van der Waals surface area contributed by atoms with E-state index in [0.717, 1.165) is 36.9 Å². The van der Waals surface area contributed by atoms with E-state index in [4.69, 9.17) is 0 Å². The van der Waals surface area contributed by atoms with Crippen molar-refractivity contribution in [3.05, 3.63) is 57.8 Å². The van der Waals surface area contributed by atoms with Gasteiger partial charge in [-0.2, -0.15) is 0 Å². The third-order valence-electron chi connectivity index (χ3n) is 4.02. The van der Waals surface area contributed by atoms with Gasteiger partial charge in [0.1, 0.15) is 5.82 Å². The van der Waals surface area contributed by atoms with Gasteiger partial charge < -0.3 is 0 Å². The van der Waals surface area contributed by atoms with Crippen molar-refractivity contribution < 1.29 is 4.39 Å². The molecular formula is C16H14FN3O. The lowest BCUT2D eigenvalue weighted by Gasteiger charge is -2.13. The average molecular weight is 283 g/mol. The Morgan fingerprint density at radius 3 is 2.90 bits per heavy atom. The van der Waals surface area contributed by atoms with Gasteiger partial charge in [-0.1, -0.05) is 12.1 Å². The minimum atomic E-state index is -0.300. The summed E-state index contributed by atoms with van der Waals surface area (Å²) >= 11 is 0. The Kier molecular flexibility index (Phi) is 2.67. The monoisotopic (exact) mass is 283 g/mol. The van der Waals surface area contributed by atoms with Crippen LogP contribution in [0, 0.1) is 5.82 Å². The minimum Gasteiger partial charge on any atom is -0.289 e. The van der Waals surface area contributed by atoms with Crippen LogP contribution in [0.1, 0.15) is 24.1 Å². The number of aromatic amines is 1. The smallest absolute Gasteiger partial charge is 0.276 e. The third-order valence-corrected chi connectivity index (χ3v) is 4.02. The molecule has 0 bridgehead atoms. The molecule has 1 aliphatic carbocycles. The van der Waals surface area contributed by atoms with Crippen LogP contribution in [-0.2, 0) is 12.8 Å². The summed E-state index contributed by atoms with van der Waals surface area (Å²) in [6.45, 7) is 0. The minimum absolute atomic E-state index is 0.0302. The van der Waals surface area contributed by atoms with Crippen molar-refractivity contribution in [3.8, 4) is 11.3 Å². The van der Waals surface area contributed by atoms with E-state index in [-0.39, 0.29) is 11.4 Å². The third kappa shape index (κ3) is 1.96. The van der Waals surface area contributed by atoms with Crippen LogP contribution in [0.2, 0.25) is 0 Å². The second kappa shape index (κ2) is 4.55. The van der Waals surface area contributed by atoms with Crippen molar-refractivity contribution in [2.24, 2.45) is 0 Å². The fourth-order valence-electron chi connectivity index (χ4n) is 2.96. The van der Waals surface area contributed by atoms with Crippen LogP contribution in [0.4, 0.5) is 4.39 Å². The molecule has 4 nitrogen and oxygen atoms in total. The fourth-order valence-corrected chi connectivity index (χ4v) is 2.96. The van der Waals surface area contributed by atoms with Crippen LogP contribution in [-0.4, -0.2) is 14.6 Å². The first kappa shape index (κ1) is 12.3. The number of halogens is 1. The topological polar surface area (TPSA) is 50.2 Å². The van der Waals surface area contributed by atoms with E-state index in [9.17, 15) is 9.18 Å². The molecule has 21 heavy (non-hydrogen) atoms. The molecule has 0 radical (unpaired) electrons. The average Bonchev–Trinajstić information content (AvgIpc) is 2.92. The highest BCUT2D eigenvalue weighted by atomic mass is 19.1. The lowest BCUT2D eigenvalue weighted by atomic mass is 9.97. The molecule has 0 fully saturated rings. The van der Waals surface area contributed by atoms with E-state index in [0.29, 0.717) is 16.9 Å². The van der Waals surface area contributed by atoms with E-state index < -0.39 is 0 Å². The molecule has 0 spiro atoms. The Morgan fingerprint density at radius 2 is 2.05 bits per heavy atom. The molecule has 0 atom stereocenters. The highest BCUT2D eigenvalue weighted by Crippen LogP contribution is 2.21. The highest BCUT2D eigenvalue weighted by Gasteiger charge is 2.17. The van der Waals surface area contributed by atoms with Crippen LogP contribution >= 0.6 is 0 Å². The molecule has 1 aromatic carbocycles. The maximum Gasteiger partial charge on any atom is 0.276 e. The van der Waals surface area contributed by atoms with Gasteiger partial charge in [-0.05, 0) is 37.8 Å². The number of aromatic nitrogens is 3. The molecule has 106 valence electrons. The Hall–Kier alpha value is -2.43. The van der Waals surface area contributed by atoms with Crippen molar-refractivity contribution >= 4 is 5.65 Å². The zero-order chi connectivity index (χ0) is 14.4. The van der Waals surface area contributed by atoms with Crippen LogP contribution in [0.25, 0.3) is 16.9 Å². The quantitative estimate of drug-likeness (QED) is 0.746. The fraction of sp³-hybridized carbons (Fsp3) is 0.250. The largest absolute Gasteiger partial charge is 0.289 e. The maximum atomic E-state index is 13.3. The molecule has 0 unspecified atom stereocenters. The zero-order valence-corrected chi connectivity index (χ0v) is 11.4. The van der Waals surface area contributed by atoms with E-state index in [2.05, 4.69) is 10.1 Å². The second-order valence-corrected chi connectivity index (χ2v) is 5.42. The molecular weight excluding hydrogens is 269 g/mol. The van der Waals surface area contributed by atoms with Crippen molar-refractivity contribution in [3.63, 3.8) is 0 Å². The van der Waals surface area contributed by atoms with Crippen molar-refractivity contribution in [1.82, 2.24) is 14.6 Å². The van der Waals surface area contributed by atoms with Gasteiger partial charge in [-0.3, -0.25) is 9.89 Å². The standard InChI is InChI=1S/C16H14FN3O/c17-11-5-3-4-10(8-11)14-9-15-18-13-7-2-1-6-12(13)16(21)20(15)19-14/h3-5,8-9,19H,1-2,6-7H2. The number of rotatable bonds is 1. The number of benzene rings is 1. The molecule has 0 saturated heterocycles.